The average Bonchev–Trinajstić information content (AvgIpc) is 3.28. The molecule has 1 aliphatic carbocycles. The summed E-state index contributed by atoms with van der Waals surface area (Å²) in [4.78, 5) is 15.2. The summed E-state index contributed by atoms with van der Waals surface area (Å²) in [6, 6.07) is 13.6. The minimum absolute atomic E-state index is 0.0987. The van der Waals surface area contributed by atoms with Gasteiger partial charge in [0.2, 0.25) is 0 Å². The average molecular weight is 499 g/mol. The zero-order valence-corrected chi connectivity index (χ0v) is 21.0. The molecule has 0 radical (unpaired) electrons. The molecule has 1 aromatic heterocycles. The highest BCUT2D eigenvalue weighted by Gasteiger charge is 2.26. The number of furan rings is 1. The molecule has 1 saturated carbocycles. The van der Waals surface area contributed by atoms with Gasteiger partial charge in [-0.25, -0.2) is 0 Å². The highest BCUT2D eigenvalue weighted by molar-refractivity contribution is 6.36. The minimum Gasteiger partial charge on any atom is -0.464 e. The second-order valence-electron chi connectivity index (χ2n) is 9.91. The number of benzene rings is 2. The monoisotopic (exact) mass is 498 g/mol. The van der Waals surface area contributed by atoms with Crippen LogP contribution in [0, 0.1) is 5.92 Å². The lowest BCUT2D eigenvalue weighted by Gasteiger charge is -2.34. The fourth-order valence-corrected chi connectivity index (χ4v) is 6.17. The van der Waals surface area contributed by atoms with E-state index in [1.165, 1.54) is 49.6 Å². The Balaban J connectivity index is 1.03. The quantitative estimate of drug-likeness (QED) is 0.387. The Labute approximate surface area is 211 Å². The second kappa shape index (κ2) is 10.7. The van der Waals surface area contributed by atoms with Crippen molar-refractivity contribution in [3.05, 3.63) is 69.9 Å². The number of halogens is 2. The normalized spacial score (nSPS) is 22.2. The molecule has 6 heteroatoms. The van der Waals surface area contributed by atoms with E-state index in [0.29, 0.717) is 21.5 Å². The highest BCUT2D eigenvalue weighted by Crippen LogP contribution is 2.35. The number of nitrogens with zero attached hydrogens (tertiary/aromatic N) is 1. The van der Waals surface area contributed by atoms with Gasteiger partial charge in [-0.1, -0.05) is 41.4 Å². The lowest BCUT2D eigenvalue weighted by Crippen LogP contribution is -2.38. The first-order valence-electron chi connectivity index (χ1n) is 12.5. The molecule has 2 aromatic carbocycles. The predicted octanol–water partition coefficient (Wildman–Crippen LogP) is 7.30. The summed E-state index contributed by atoms with van der Waals surface area (Å²) in [5.41, 5.74) is 2.89. The molecule has 0 unspecified atom stereocenters. The standard InChI is InChI=1S/C28H32Cl2N2O2/c29-21-7-10-24(26(30)17-21)28(33)31-22-8-5-19(6-9-22)11-14-32-15-12-20(13-16-32)25-18-34-27-4-2-1-3-23(25)27/h1-4,7,10,17-20,22H,5-6,8-9,11-16H2,(H,31,33). The van der Waals surface area contributed by atoms with E-state index in [1.54, 1.807) is 18.2 Å². The number of hydrogen-bond donors (Lipinski definition) is 1. The maximum absolute atomic E-state index is 12.6. The molecule has 1 amide bonds. The lowest BCUT2D eigenvalue weighted by molar-refractivity contribution is 0.0919. The summed E-state index contributed by atoms with van der Waals surface area (Å²) in [6.45, 7) is 3.51. The molecule has 3 aromatic rings. The summed E-state index contributed by atoms with van der Waals surface area (Å²) >= 11 is 12.1. The smallest absolute Gasteiger partial charge is 0.253 e. The van der Waals surface area contributed by atoms with E-state index in [4.69, 9.17) is 27.6 Å². The van der Waals surface area contributed by atoms with Crippen molar-refractivity contribution in [3.63, 3.8) is 0 Å². The summed E-state index contributed by atoms with van der Waals surface area (Å²) in [5, 5.41) is 5.40. The fraction of sp³-hybridized carbons (Fsp3) is 0.464. The third-order valence-electron chi connectivity index (χ3n) is 7.75. The molecular formula is C28H32Cl2N2O2. The van der Waals surface area contributed by atoms with Gasteiger partial charge < -0.3 is 14.6 Å². The van der Waals surface area contributed by atoms with E-state index >= 15 is 0 Å². The Morgan fingerprint density at radius 2 is 1.76 bits per heavy atom. The molecule has 2 heterocycles. The SMILES string of the molecule is O=C(NC1CCC(CCN2CCC(c3coc4ccccc34)CC2)CC1)c1ccc(Cl)cc1Cl. The van der Waals surface area contributed by atoms with Crippen molar-refractivity contribution in [1.29, 1.82) is 0 Å². The molecular weight excluding hydrogens is 467 g/mol. The van der Waals surface area contributed by atoms with Gasteiger partial charge in [-0.2, -0.15) is 0 Å². The molecule has 4 nitrogen and oxygen atoms in total. The van der Waals surface area contributed by atoms with Crippen LogP contribution < -0.4 is 5.32 Å². The molecule has 2 aliphatic rings. The third-order valence-corrected chi connectivity index (χ3v) is 8.30. The van der Waals surface area contributed by atoms with E-state index < -0.39 is 0 Å². The van der Waals surface area contributed by atoms with Crippen LogP contribution in [0.2, 0.25) is 10.0 Å². The number of nitrogens with one attached hydrogen (secondary N) is 1. The van der Waals surface area contributed by atoms with Crippen LogP contribution in [-0.4, -0.2) is 36.5 Å². The van der Waals surface area contributed by atoms with Gasteiger partial charge >= 0.3 is 0 Å². The first-order valence-corrected chi connectivity index (χ1v) is 13.3. The van der Waals surface area contributed by atoms with Gasteiger partial charge in [-0.15, -0.1) is 0 Å². The minimum atomic E-state index is -0.0987. The molecule has 0 spiro atoms. The zero-order chi connectivity index (χ0) is 23.5. The van der Waals surface area contributed by atoms with Gasteiger partial charge in [0.25, 0.3) is 5.91 Å². The van der Waals surface area contributed by atoms with Crippen LogP contribution in [0.5, 0.6) is 0 Å². The Morgan fingerprint density at radius 3 is 2.53 bits per heavy atom. The molecule has 1 aliphatic heterocycles. The number of carbonyl (C=O) groups excluding carboxylic acids is 1. The summed E-state index contributed by atoms with van der Waals surface area (Å²) in [7, 11) is 0. The first-order chi connectivity index (χ1) is 16.6. The lowest BCUT2D eigenvalue weighted by atomic mass is 9.83. The molecule has 180 valence electrons. The van der Waals surface area contributed by atoms with Gasteiger partial charge in [0, 0.05) is 22.0 Å². The number of piperidine rings is 1. The molecule has 34 heavy (non-hydrogen) atoms. The molecule has 5 rings (SSSR count). The van der Waals surface area contributed by atoms with Crippen LogP contribution >= 0.6 is 23.2 Å². The molecule has 0 atom stereocenters. The number of para-hydroxylation sites is 1. The fourth-order valence-electron chi connectivity index (χ4n) is 5.68. The maximum atomic E-state index is 12.6. The first kappa shape index (κ1) is 23.7. The molecule has 1 N–H and O–H groups in total. The van der Waals surface area contributed by atoms with E-state index in [0.717, 1.165) is 37.4 Å². The van der Waals surface area contributed by atoms with Gasteiger partial charge in [0.1, 0.15) is 5.58 Å². The number of fused-ring (bicyclic) bond motifs is 1. The Hall–Kier alpha value is -2.01. The van der Waals surface area contributed by atoms with E-state index in [-0.39, 0.29) is 11.9 Å². The van der Waals surface area contributed by atoms with E-state index in [2.05, 4.69) is 28.4 Å². The Morgan fingerprint density at radius 1 is 1.00 bits per heavy atom. The van der Waals surface area contributed by atoms with Gasteiger partial charge in [-0.3, -0.25) is 4.79 Å². The van der Waals surface area contributed by atoms with Crippen LogP contribution in [0.25, 0.3) is 11.0 Å². The summed E-state index contributed by atoms with van der Waals surface area (Å²) in [6.07, 6.45) is 10.1. The van der Waals surface area contributed by atoms with Crippen molar-refractivity contribution in [3.8, 4) is 0 Å². The van der Waals surface area contributed by atoms with Crippen LogP contribution in [0.3, 0.4) is 0 Å². The van der Waals surface area contributed by atoms with Crippen molar-refractivity contribution >= 4 is 40.1 Å². The van der Waals surface area contributed by atoms with Crippen molar-refractivity contribution < 1.29 is 9.21 Å². The largest absolute Gasteiger partial charge is 0.464 e. The highest BCUT2D eigenvalue weighted by atomic mass is 35.5. The van der Waals surface area contributed by atoms with Gasteiger partial charge in [0.05, 0.1) is 16.8 Å². The maximum Gasteiger partial charge on any atom is 0.253 e. The van der Waals surface area contributed by atoms with Crippen LogP contribution in [0.1, 0.15) is 66.8 Å². The second-order valence-corrected chi connectivity index (χ2v) is 10.8. The number of rotatable bonds is 6. The number of carbonyl (C=O) groups is 1. The van der Waals surface area contributed by atoms with E-state index in [9.17, 15) is 4.79 Å². The third kappa shape index (κ3) is 5.45. The molecule has 2 fully saturated rings. The van der Waals surface area contributed by atoms with Crippen LogP contribution in [0.4, 0.5) is 0 Å². The van der Waals surface area contributed by atoms with Gasteiger partial charge in [-0.05, 0) is 101 Å². The van der Waals surface area contributed by atoms with Crippen LogP contribution in [-0.2, 0) is 0 Å². The number of amides is 1. The molecule has 0 bridgehead atoms. The summed E-state index contributed by atoms with van der Waals surface area (Å²) in [5.74, 6) is 1.26. The topological polar surface area (TPSA) is 45.5 Å². The van der Waals surface area contributed by atoms with Crippen molar-refractivity contribution in [2.75, 3.05) is 19.6 Å². The molecule has 1 saturated heterocycles. The predicted molar refractivity (Wildman–Crippen MR) is 139 cm³/mol. The van der Waals surface area contributed by atoms with Gasteiger partial charge in [0.15, 0.2) is 0 Å². The van der Waals surface area contributed by atoms with Crippen LogP contribution in [0.15, 0.2) is 53.1 Å². The zero-order valence-electron chi connectivity index (χ0n) is 19.4. The van der Waals surface area contributed by atoms with Crippen molar-refractivity contribution in [1.82, 2.24) is 10.2 Å². The Kier molecular flexibility index (Phi) is 7.48. The van der Waals surface area contributed by atoms with Crippen molar-refractivity contribution in [2.45, 2.75) is 56.9 Å². The Bertz CT molecular complexity index is 1130. The number of likely N-dealkylation sites (tertiary alicyclic amines) is 1. The van der Waals surface area contributed by atoms with Crippen molar-refractivity contribution in [2.24, 2.45) is 5.92 Å². The number of hydrogen-bond acceptors (Lipinski definition) is 3. The van der Waals surface area contributed by atoms with E-state index in [1.807, 2.05) is 12.3 Å². The summed E-state index contributed by atoms with van der Waals surface area (Å²) < 4.78 is 5.77.